The molecule has 10 nitrogen and oxygen atoms in total. The lowest BCUT2D eigenvalue weighted by molar-refractivity contribution is -0.142. The summed E-state index contributed by atoms with van der Waals surface area (Å²) in [6, 6.07) is 8.24. The monoisotopic (exact) mass is 832 g/mol. The van der Waals surface area contributed by atoms with E-state index >= 15 is 8.78 Å². The normalized spacial score (nSPS) is 15.8. The molecule has 2 aromatic carbocycles. The molecule has 5 aromatic rings. The summed E-state index contributed by atoms with van der Waals surface area (Å²) < 4.78 is 106. The molecule has 1 saturated heterocycles. The molecule has 7 rings (SSSR count). The van der Waals surface area contributed by atoms with E-state index in [2.05, 4.69) is 32.1 Å². The summed E-state index contributed by atoms with van der Waals surface area (Å²) in [5.74, 6) is 0.461. The van der Waals surface area contributed by atoms with Crippen molar-refractivity contribution in [3.8, 4) is 23.0 Å². The minimum absolute atomic E-state index is 0.00561. The number of likely N-dealkylation sites (tertiary alicyclic amines) is 1. The lowest BCUT2D eigenvalue weighted by atomic mass is 9.93. The van der Waals surface area contributed by atoms with Crippen LogP contribution >= 0.6 is 11.9 Å². The fourth-order valence-electron chi connectivity index (χ4n) is 7.10. The van der Waals surface area contributed by atoms with Gasteiger partial charge in [0, 0.05) is 61.0 Å². The highest BCUT2D eigenvalue weighted by Crippen LogP contribution is 2.46. The van der Waals surface area contributed by atoms with Crippen molar-refractivity contribution in [3.63, 3.8) is 0 Å². The molecule has 18 heteroatoms. The summed E-state index contributed by atoms with van der Waals surface area (Å²) in [6.45, 7) is 8.53. The third kappa shape index (κ3) is 8.96. The van der Waals surface area contributed by atoms with E-state index in [0.717, 1.165) is 12.1 Å². The van der Waals surface area contributed by atoms with Crippen LogP contribution in [0.4, 0.5) is 41.3 Å². The third-order valence-electron chi connectivity index (χ3n) is 9.23. The fraction of sp³-hybridized carbons (Fsp3) is 0.400. The average Bonchev–Trinajstić information content (AvgIpc) is 3.82. The first-order valence-corrected chi connectivity index (χ1v) is 19.7. The lowest BCUT2D eigenvalue weighted by Crippen LogP contribution is -2.59. The largest absolute Gasteiger partial charge is 0.435 e. The van der Waals surface area contributed by atoms with Crippen LogP contribution in [0.1, 0.15) is 74.1 Å². The zero-order valence-electron chi connectivity index (χ0n) is 32.8. The van der Waals surface area contributed by atoms with Crippen molar-refractivity contribution in [2.45, 2.75) is 70.7 Å². The summed E-state index contributed by atoms with van der Waals surface area (Å²) in [5.41, 5.74) is -3.31. The molecular formula is C40H43F7N8O2S. The first-order valence-electron chi connectivity index (χ1n) is 18.5. The van der Waals surface area contributed by atoms with Gasteiger partial charge < -0.3 is 15.1 Å². The summed E-state index contributed by atoms with van der Waals surface area (Å²) in [7, 11) is 3.50. The first-order chi connectivity index (χ1) is 27.5. The number of benzene rings is 2. The van der Waals surface area contributed by atoms with Gasteiger partial charge in [-0.1, -0.05) is 57.7 Å². The Bertz CT molecular complexity index is 2340. The molecule has 310 valence electrons. The number of amides is 1. The molecule has 0 radical (unpaired) electrons. The van der Waals surface area contributed by atoms with E-state index in [0.29, 0.717) is 33.9 Å². The van der Waals surface area contributed by atoms with Gasteiger partial charge in [0.2, 0.25) is 0 Å². The summed E-state index contributed by atoms with van der Waals surface area (Å²) in [4.78, 5) is 20.5. The van der Waals surface area contributed by atoms with Crippen LogP contribution in [0.3, 0.4) is 0 Å². The molecular weight excluding hydrogens is 790 g/mol. The number of nitrogens with one attached hydrogen (secondary N) is 2. The number of fused-ring (bicyclic) bond motifs is 2. The Morgan fingerprint density at radius 2 is 1.67 bits per heavy atom. The highest BCUT2D eigenvalue weighted by Gasteiger charge is 2.51. The van der Waals surface area contributed by atoms with Crippen molar-refractivity contribution in [1.82, 2.24) is 34.8 Å². The van der Waals surface area contributed by atoms with Crippen LogP contribution in [0.2, 0.25) is 0 Å². The van der Waals surface area contributed by atoms with E-state index in [1.165, 1.54) is 11.9 Å². The van der Waals surface area contributed by atoms with E-state index in [4.69, 9.17) is 4.98 Å². The highest BCUT2D eigenvalue weighted by molar-refractivity contribution is 7.99. The van der Waals surface area contributed by atoms with Crippen LogP contribution in [-0.2, 0) is 32.0 Å². The first kappa shape index (κ1) is 44.0. The number of halogens is 7. The number of pyridine rings is 1. The molecule has 0 bridgehead atoms. The Balaban J connectivity index is 0.00000155. The highest BCUT2D eigenvalue weighted by atomic mass is 32.2. The van der Waals surface area contributed by atoms with Crippen molar-refractivity contribution in [2.24, 2.45) is 7.05 Å². The Morgan fingerprint density at radius 3 is 2.29 bits per heavy atom. The van der Waals surface area contributed by atoms with E-state index in [-0.39, 0.29) is 34.7 Å². The number of nitrogens with zero attached hydrogens (tertiary/aromatic N) is 6. The van der Waals surface area contributed by atoms with Gasteiger partial charge in [0.25, 0.3) is 5.92 Å². The molecule has 58 heavy (non-hydrogen) atoms. The van der Waals surface area contributed by atoms with E-state index < -0.39 is 77.6 Å². The van der Waals surface area contributed by atoms with Crippen LogP contribution in [0.25, 0.3) is 22.0 Å². The minimum Gasteiger partial charge on any atom is -0.375 e. The van der Waals surface area contributed by atoms with E-state index in [1.807, 2.05) is 44.9 Å². The fourth-order valence-corrected chi connectivity index (χ4v) is 7.44. The number of para-hydroxylation sites is 1. The van der Waals surface area contributed by atoms with Gasteiger partial charge in [-0.3, -0.25) is 9.58 Å². The van der Waals surface area contributed by atoms with Crippen LogP contribution in [0, 0.1) is 23.5 Å². The number of aryl methyl sites for hydroxylation is 1. The zero-order chi connectivity index (χ0) is 42.7. The molecule has 1 atom stereocenters. The van der Waals surface area contributed by atoms with E-state index in [9.17, 15) is 31.9 Å². The second kappa shape index (κ2) is 17.4. The number of hydrogen-bond donors (Lipinski definition) is 3. The maximum atomic E-state index is 15.1. The van der Waals surface area contributed by atoms with E-state index in [1.54, 1.807) is 43.0 Å². The molecule has 4 heterocycles. The van der Waals surface area contributed by atoms with Gasteiger partial charge in [0.05, 0.1) is 17.3 Å². The van der Waals surface area contributed by atoms with Gasteiger partial charge in [-0.15, -0.1) is 0 Å². The molecule has 1 fully saturated rings. The summed E-state index contributed by atoms with van der Waals surface area (Å²) in [6.07, 6.45) is -5.35. The van der Waals surface area contributed by atoms with Crippen LogP contribution < -0.4 is 10.0 Å². The number of carbonyl (C=O) groups is 1. The summed E-state index contributed by atoms with van der Waals surface area (Å²) in [5, 5.41) is 21.9. The molecule has 0 saturated carbocycles. The second-order valence-electron chi connectivity index (χ2n) is 13.3. The van der Waals surface area contributed by atoms with Crippen molar-refractivity contribution >= 4 is 34.7 Å². The molecule has 0 spiro atoms. The summed E-state index contributed by atoms with van der Waals surface area (Å²) >= 11 is 1.31. The number of aromatic nitrogens is 5. The van der Waals surface area contributed by atoms with Gasteiger partial charge >= 0.3 is 12.2 Å². The topological polar surface area (TPSA) is 113 Å². The third-order valence-corrected chi connectivity index (χ3v) is 9.63. The molecule has 1 aliphatic carbocycles. The van der Waals surface area contributed by atoms with Crippen molar-refractivity contribution in [2.75, 3.05) is 31.1 Å². The van der Waals surface area contributed by atoms with Crippen LogP contribution in [0.5, 0.6) is 0 Å². The number of hydrogen-bond acceptors (Lipinski definition) is 8. The smallest absolute Gasteiger partial charge is 0.375 e. The Morgan fingerprint density at radius 1 is 1.00 bits per heavy atom. The van der Waals surface area contributed by atoms with Crippen LogP contribution in [0.15, 0.2) is 48.5 Å². The number of anilines is 1. The number of likely N-dealkylation sites (N-methyl/N-ethyl adjacent to an activating group) is 1. The van der Waals surface area contributed by atoms with Gasteiger partial charge in [-0.2, -0.15) is 36.8 Å². The number of β-amino-alcohol motifs (C(OH)–C–C–N with tert-alkyl or cyclic N) is 1. The van der Waals surface area contributed by atoms with Crippen molar-refractivity contribution < 1.29 is 40.6 Å². The predicted molar refractivity (Wildman–Crippen MR) is 209 cm³/mol. The van der Waals surface area contributed by atoms with Crippen molar-refractivity contribution in [3.05, 3.63) is 94.1 Å². The maximum Gasteiger partial charge on any atom is 0.435 e. The molecule has 3 N–H and O–H groups in total. The molecule has 2 aliphatic rings. The van der Waals surface area contributed by atoms with Gasteiger partial charge in [-0.05, 0) is 61.7 Å². The maximum absolute atomic E-state index is 15.1. The SMILES string of the molecule is CC.CC.CSNc1nn(C)c2c(-c3ccc(C#CC4(O)CN(C)C4)nc3C(Cc3cc(F)cc(F)c3)NC(=O)n3nc(C(F)(F)F)c4c3C(F)(F)CC4)cccc12. The molecule has 1 aliphatic heterocycles. The number of aliphatic hydroxyl groups is 1. The van der Waals surface area contributed by atoms with Gasteiger partial charge in [0.1, 0.15) is 23.0 Å². The second-order valence-corrected chi connectivity index (χ2v) is 13.9. The predicted octanol–water partition coefficient (Wildman–Crippen LogP) is 8.48. The average molecular weight is 833 g/mol. The standard InChI is InChI=1S/C36H31F7N8O2S.2C2H6/c1-49-17-34(53,18-49)11-9-22-7-8-23(24-5-4-6-25-29(24)50(2)47-32(25)48-54-3)28(44-22)27(15-19-13-20(37)16-21(38)14-19)45-33(52)51-31-26(10-12-35(31,39)40)30(46-51)36(41,42)43;2*1-2/h4-8,13-14,16,27,53H,10,12,15,17-18H2,1-3H3,(H,45,52)(H,47,48);2*1-2H3. The number of rotatable bonds is 7. The van der Waals surface area contributed by atoms with Crippen molar-refractivity contribution in [1.29, 1.82) is 0 Å². The Hall–Kier alpha value is -5.12. The number of alkyl halides is 5. The van der Waals surface area contributed by atoms with Gasteiger partial charge in [-0.25, -0.2) is 18.6 Å². The Kier molecular flexibility index (Phi) is 13.2. The lowest BCUT2D eigenvalue weighted by Gasteiger charge is -2.40. The molecule has 1 unspecified atom stereocenters. The Labute approximate surface area is 335 Å². The molecule has 1 amide bonds. The van der Waals surface area contributed by atoms with Crippen LogP contribution in [-0.4, -0.2) is 72.6 Å². The quantitative estimate of drug-likeness (QED) is 0.0851. The minimum atomic E-state index is -5.14. The zero-order valence-corrected chi connectivity index (χ0v) is 33.6. The number of carbonyl (C=O) groups excluding carboxylic acids is 1. The van der Waals surface area contributed by atoms with Gasteiger partial charge in [0.15, 0.2) is 17.1 Å². The molecule has 3 aromatic heterocycles.